The van der Waals surface area contributed by atoms with Crippen LogP contribution in [0.4, 0.5) is 0 Å². The van der Waals surface area contributed by atoms with Crippen LogP contribution in [0.1, 0.15) is 24.2 Å². The summed E-state index contributed by atoms with van der Waals surface area (Å²) in [6, 6.07) is 5.45. The van der Waals surface area contributed by atoms with Gasteiger partial charge in [0.05, 0.1) is 13.2 Å². The summed E-state index contributed by atoms with van der Waals surface area (Å²) in [5.41, 5.74) is 0.491. The Hall–Kier alpha value is -0.780. The van der Waals surface area contributed by atoms with E-state index in [0.29, 0.717) is 24.5 Å². The number of carbonyl (C=O) groups is 1. The van der Waals surface area contributed by atoms with Gasteiger partial charge in [-0.05, 0) is 54.6 Å². The Kier molecular flexibility index (Phi) is 4.87. The summed E-state index contributed by atoms with van der Waals surface area (Å²) < 4.78 is 11.3. The number of hydrogen-bond acceptors (Lipinski definition) is 3. The Balaban J connectivity index is 3.00. The third-order valence-electron chi connectivity index (χ3n) is 1.74. The van der Waals surface area contributed by atoms with Gasteiger partial charge in [-0.3, -0.25) is 0 Å². The molecule has 0 aromatic heterocycles. The average Bonchev–Trinajstić information content (AvgIpc) is 2.21. The van der Waals surface area contributed by atoms with Crippen LogP contribution in [0.3, 0.4) is 0 Å². The lowest BCUT2D eigenvalue weighted by atomic mass is 10.2. The Labute approximate surface area is 103 Å². The highest BCUT2D eigenvalue weighted by atomic mass is 127. The first-order chi connectivity index (χ1) is 7.19. The van der Waals surface area contributed by atoms with Crippen molar-refractivity contribution >= 4 is 28.6 Å². The molecule has 1 aromatic carbocycles. The summed E-state index contributed by atoms with van der Waals surface area (Å²) in [4.78, 5) is 11.6. The van der Waals surface area contributed by atoms with Crippen LogP contribution < -0.4 is 4.74 Å². The Morgan fingerprint density at radius 3 is 2.67 bits per heavy atom. The number of benzene rings is 1. The molecular weight excluding hydrogens is 307 g/mol. The van der Waals surface area contributed by atoms with Gasteiger partial charge in [0.15, 0.2) is 0 Å². The lowest BCUT2D eigenvalue weighted by Gasteiger charge is -2.09. The second-order valence-corrected chi connectivity index (χ2v) is 4.04. The zero-order valence-corrected chi connectivity index (χ0v) is 10.9. The normalized spacial score (nSPS) is 9.80. The van der Waals surface area contributed by atoms with Gasteiger partial charge in [0, 0.05) is 3.57 Å². The third kappa shape index (κ3) is 3.37. The number of hydrogen-bond donors (Lipinski definition) is 0. The minimum absolute atomic E-state index is 0.334. The number of esters is 1. The zero-order chi connectivity index (χ0) is 11.3. The number of carbonyl (C=O) groups excluding carboxylic acids is 1. The van der Waals surface area contributed by atoms with Crippen molar-refractivity contribution in [2.75, 3.05) is 13.2 Å². The van der Waals surface area contributed by atoms with E-state index in [1.807, 2.05) is 13.0 Å². The van der Waals surface area contributed by atoms with Crippen LogP contribution in [0, 0.1) is 3.57 Å². The molecule has 0 radical (unpaired) electrons. The maximum atomic E-state index is 11.6. The highest BCUT2D eigenvalue weighted by Gasteiger charge is 2.13. The standard InChI is InChI=1S/C11H13IO3/c1-3-14-10-6-5-8(12)7-9(10)11(13)15-4-2/h5-7H,3-4H2,1-2H3. The van der Waals surface area contributed by atoms with E-state index in [1.165, 1.54) is 0 Å². The first-order valence-corrected chi connectivity index (χ1v) is 5.86. The third-order valence-corrected chi connectivity index (χ3v) is 2.41. The molecular formula is C11H13IO3. The molecule has 0 fully saturated rings. The molecule has 82 valence electrons. The molecule has 0 N–H and O–H groups in total. The van der Waals surface area contributed by atoms with E-state index in [9.17, 15) is 4.79 Å². The summed E-state index contributed by atoms with van der Waals surface area (Å²) >= 11 is 2.15. The van der Waals surface area contributed by atoms with Crippen LogP contribution in [0.2, 0.25) is 0 Å². The first kappa shape index (κ1) is 12.3. The van der Waals surface area contributed by atoms with E-state index in [1.54, 1.807) is 19.1 Å². The number of ether oxygens (including phenoxy) is 2. The van der Waals surface area contributed by atoms with Crippen molar-refractivity contribution in [1.29, 1.82) is 0 Å². The fourth-order valence-electron chi connectivity index (χ4n) is 1.15. The van der Waals surface area contributed by atoms with Crippen molar-refractivity contribution in [3.8, 4) is 5.75 Å². The fraction of sp³-hybridized carbons (Fsp3) is 0.364. The van der Waals surface area contributed by atoms with Gasteiger partial charge in [0.1, 0.15) is 11.3 Å². The fourth-order valence-corrected chi connectivity index (χ4v) is 1.64. The minimum atomic E-state index is -0.334. The number of halogens is 1. The summed E-state index contributed by atoms with van der Waals surface area (Å²) in [5, 5.41) is 0. The predicted molar refractivity (Wildman–Crippen MR) is 66.3 cm³/mol. The first-order valence-electron chi connectivity index (χ1n) is 4.78. The lowest BCUT2D eigenvalue weighted by molar-refractivity contribution is 0.0522. The topological polar surface area (TPSA) is 35.5 Å². The highest BCUT2D eigenvalue weighted by molar-refractivity contribution is 14.1. The molecule has 1 rings (SSSR count). The monoisotopic (exact) mass is 320 g/mol. The molecule has 0 bridgehead atoms. The van der Waals surface area contributed by atoms with Gasteiger partial charge in [0.25, 0.3) is 0 Å². The lowest BCUT2D eigenvalue weighted by Crippen LogP contribution is -2.08. The van der Waals surface area contributed by atoms with E-state index in [4.69, 9.17) is 9.47 Å². The van der Waals surface area contributed by atoms with E-state index in [2.05, 4.69) is 22.6 Å². The van der Waals surface area contributed by atoms with Crippen molar-refractivity contribution in [2.24, 2.45) is 0 Å². The second-order valence-electron chi connectivity index (χ2n) is 2.79. The molecule has 0 atom stereocenters. The molecule has 0 heterocycles. The summed E-state index contributed by atoms with van der Waals surface area (Å²) in [5.74, 6) is 0.246. The van der Waals surface area contributed by atoms with Crippen molar-refractivity contribution in [1.82, 2.24) is 0 Å². The van der Waals surface area contributed by atoms with Gasteiger partial charge in [-0.1, -0.05) is 0 Å². The highest BCUT2D eigenvalue weighted by Crippen LogP contribution is 2.22. The Morgan fingerprint density at radius 1 is 1.33 bits per heavy atom. The summed E-state index contributed by atoms with van der Waals surface area (Å²) in [6.45, 7) is 4.57. The van der Waals surface area contributed by atoms with Crippen molar-refractivity contribution < 1.29 is 14.3 Å². The molecule has 1 aromatic rings. The van der Waals surface area contributed by atoms with E-state index in [-0.39, 0.29) is 5.97 Å². The second kappa shape index (κ2) is 5.95. The SMILES string of the molecule is CCOC(=O)c1cc(I)ccc1OCC. The minimum Gasteiger partial charge on any atom is -0.493 e. The molecule has 0 saturated heterocycles. The van der Waals surface area contributed by atoms with Gasteiger partial charge in [-0.25, -0.2) is 4.79 Å². The summed E-state index contributed by atoms with van der Waals surface area (Å²) in [7, 11) is 0. The van der Waals surface area contributed by atoms with Crippen LogP contribution in [-0.2, 0) is 4.74 Å². The molecule has 3 nitrogen and oxygen atoms in total. The van der Waals surface area contributed by atoms with E-state index < -0.39 is 0 Å². The van der Waals surface area contributed by atoms with E-state index >= 15 is 0 Å². The average molecular weight is 320 g/mol. The molecule has 0 amide bonds. The van der Waals surface area contributed by atoms with Gasteiger partial charge in [-0.15, -0.1) is 0 Å². The molecule has 0 saturated carbocycles. The Bertz CT molecular complexity index is 350. The van der Waals surface area contributed by atoms with Crippen molar-refractivity contribution in [2.45, 2.75) is 13.8 Å². The zero-order valence-electron chi connectivity index (χ0n) is 8.75. The molecule has 0 aliphatic heterocycles. The number of rotatable bonds is 4. The van der Waals surface area contributed by atoms with E-state index in [0.717, 1.165) is 3.57 Å². The molecule has 0 aliphatic carbocycles. The van der Waals surface area contributed by atoms with Crippen LogP contribution in [0.25, 0.3) is 0 Å². The predicted octanol–water partition coefficient (Wildman–Crippen LogP) is 2.87. The summed E-state index contributed by atoms with van der Waals surface area (Å²) in [6.07, 6.45) is 0. The maximum Gasteiger partial charge on any atom is 0.341 e. The molecule has 0 spiro atoms. The Morgan fingerprint density at radius 2 is 2.07 bits per heavy atom. The quantitative estimate of drug-likeness (QED) is 0.632. The molecule has 4 heteroatoms. The van der Waals surface area contributed by atoms with Crippen LogP contribution in [-0.4, -0.2) is 19.2 Å². The maximum absolute atomic E-state index is 11.6. The van der Waals surface area contributed by atoms with Gasteiger partial charge in [0.2, 0.25) is 0 Å². The largest absolute Gasteiger partial charge is 0.493 e. The van der Waals surface area contributed by atoms with Crippen molar-refractivity contribution in [3.63, 3.8) is 0 Å². The molecule has 0 aliphatic rings. The van der Waals surface area contributed by atoms with Gasteiger partial charge >= 0.3 is 5.97 Å². The van der Waals surface area contributed by atoms with Gasteiger partial charge in [-0.2, -0.15) is 0 Å². The van der Waals surface area contributed by atoms with Crippen LogP contribution in [0.15, 0.2) is 18.2 Å². The van der Waals surface area contributed by atoms with Crippen LogP contribution in [0.5, 0.6) is 5.75 Å². The smallest absolute Gasteiger partial charge is 0.341 e. The molecule has 15 heavy (non-hydrogen) atoms. The van der Waals surface area contributed by atoms with Crippen LogP contribution >= 0.6 is 22.6 Å². The van der Waals surface area contributed by atoms with Gasteiger partial charge < -0.3 is 9.47 Å². The van der Waals surface area contributed by atoms with Crippen molar-refractivity contribution in [3.05, 3.63) is 27.3 Å². The molecule has 0 unspecified atom stereocenters.